The molecule has 2 aromatic rings. The van der Waals surface area contributed by atoms with Crippen LogP contribution in [0.1, 0.15) is 11.6 Å². The van der Waals surface area contributed by atoms with Crippen molar-refractivity contribution in [1.82, 2.24) is 10.2 Å². The summed E-state index contributed by atoms with van der Waals surface area (Å²) in [4.78, 5) is 34.2. The molecule has 0 spiro atoms. The molecule has 7 nitrogen and oxygen atoms in total. The van der Waals surface area contributed by atoms with Crippen LogP contribution in [0.5, 0.6) is 0 Å². The summed E-state index contributed by atoms with van der Waals surface area (Å²) in [5, 5.41) is 2.82. The van der Waals surface area contributed by atoms with Crippen molar-refractivity contribution < 1.29 is 14.3 Å². The summed E-state index contributed by atoms with van der Waals surface area (Å²) < 4.78 is 4.87. The standard InChI is InChI=1S/C22H24N4O3/c1-29-21(28)18-19(16-8-4-2-5-9-16)23-22(24-20(18)27)26-14-12-25(13-15-26)17-10-6-3-7-11-17/h2-11,18-19H,12-15H2,1H3,(H,23,24,27)/t18-,19+/m0/s1. The maximum absolute atomic E-state index is 12.8. The van der Waals surface area contributed by atoms with Crippen molar-refractivity contribution in [2.75, 3.05) is 38.2 Å². The van der Waals surface area contributed by atoms with E-state index >= 15 is 0 Å². The Balaban J connectivity index is 1.55. The smallest absolute Gasteiger partial charge is 0.320 e. The van der Waals surface area contributed by atoms with Crippen LogP contribution in [0.25, 0.3) is 0 Å². The van der Waals surface area contributed by atoms with Crippen LogP contribution in [-0.2, 0) is 14.3 Å². The monoisotopic (exact) mass is 392 g/mol. The first-order chi connectivity index (χ1) is 14.2. The molecule has 2 aliphatic rings. The Kier molecular flexibility index (Phi) is 5.46. The van der Waals surface area contributed by atoms with Gasteiger partial charge < -0.3 is 14.5 Å². The first-order valence-electron chi connectivity index (χ1n) is 9.74. The highest BCUT2D eigenvalue weighted by atomic mass is 16.5. The van der Waals surface area contributed by atoms with Gasteiger partial charge in [-0.1, -0.05) is 48.5 Å². The van der Waals surface area contributed by atoms with Gasteiger partial charge in [-0.15, -0.1) is 0 Å². The van der Waals surface area contributed by atoms with Gasteiger partial charge in [0.1, 0.15) is 6.04 Å². The lowest BCUT2D eigenvalue weighted by molar-refractivity contribution is -0.151. The van der Waals surface area contributed by atoms with Crippen molar-refractivity contribution in [3.8, 4) is 0 Å². The van der Waals surface area contributed by atoms with Gasteiger partial charge in [0.2, 0.25) is 11.9 Å². The molecule has 0 radical (unpaired) electrons. The molecule has 1 saturated heterocycles. The summed E-state index contributed by atoms with van der Waals surface area (Å²) in [7, 11) is 1.29. The number of para-hydroxylation sites is 1. The summed E-state index contributed by atoms with van der Waals surface area (Å²) in [6.45, 7) is 3.13. The maximum atomic E-state index is 12.8. The molecule has 0 saturated carbocycles. The Morgan fingerprint density at radius 1 is 0.966 bits per heavy atom. The van der Waals surface area contributed by atoms with Crippen LogP contribution in [0.2, 0.25) is 0 Å². The van der Waals surface area contributed by atoms with Crippen molar-refractivity contribution in [3.63, 3.8) is 0 Å². The average molecular weight is 392 g/mol. The number of esters is 1. The molecular formula is C22H24N4O3. The summed E-state index contributed by atoms with van der Waals surface area (Å²) in [5.74, 6) is -1.41. The third-order valence-electron chi connectivity index (χ3n) is 5.39. The van der Waals surface area contributed by atoms with Gasteiger partial charge in [-0.05, 0) is 17.7 Å². The second-order valence-electron chi connectivity index (χ2n) is 7.11. The van der Waals surface area contributed by atoms with Crippen LogP contribution in [0.4, 0.5) is 5.69 Å². The highest BCUT2D eigenvalue weighted by molar-refractivity contribution is 6.08. The second kappa shape index (κ2) is 8.34. The van der Waals surface area contributed by atoms with E-state index in [9.17, 15) is 9.59 Å². The number of carbonyl (C=O) groups excluding carboxylic acids is 2. The first-order valence-corrected chi connectivity index (χ1v) is 9.74. The number of hydrogen-bond acceptors (Lipinski definition) is 6. The van der Waals surface area contributed by atoms with E-state index in [0.717, 1.165) is 31.7 Å². The third kappa shape index (κ3) is 3.94. The molecule has 2 aromatic carbocycles. The molecule has 0 unspecified atom stereocenters. The van der Waals surface area contributed by atoms with Gasteiger partial charge in [0.25, 0.3) is 0 Å². The van der Waals surface area contributed by atoms with Gasteiger partial charge >= 0.3 is 5.97 Å². The zero-order valence-electron chi connectivity index (χ0n) is 16.3. The van der Waals surface area contributed by atoms with Crippen LogP contribution >= 0.6 is 0 Å². The van der Waals surface area contributed by atoms with Gasteiger partial charge in [-0.25, -0.2) is 4.99 Å². The molecule has 4 rings (SSSR count). The molecule has 150 valence electrons. The van der Waals surface area contributed by atoms with Crippen molar-refractivity contribution in [2.45, 2.75) is 6.04 Å². The van der Waals surface area contributed by atoms with E-state index in [1.807, 2.05) is 48.5 Å². The van der Waals surface area contributed by atoms with Gasteiger partial charge in [0.15, 0.2) is 5.92 Å². The topological polar surface area (TPSA) is 74.2 Å². The maximum Gasteiger partial charge on any atom is 0.320 e. The molecule has 0 aromatic heterocycles. The summed E-state index contributed by atoms with van der Waals surface area (Å²) in [5.41, 5.74) is 2.01. The number of amides is 1. The van der Waals surface area contributed by atoms with E-state index in [1.165, 1.54) is 12.8 Å². The van der Waals surface area contributed by atoms with Crippen molar-refractivity contribution in [2.24, 2.45) is 10.9 Å². The number of benzene rings is 2. The largest absolute Gasteiger partial charge is 0.468 e. The molecule has 2 aliphatic heterocycles. The van der Waals surface area contributed by atoms with E-state index in [4.69, 9.17) is 9.73 Å². The molecule has 1 fully saturated rings. The van der Waals surface area contributed by atoms with E-state index in [2.05, 4.69) is 27.2 Å². The average Bonchev–Trinajstić information content (AvgIpc) is 2.79. The van der Waals surface area contributed by atoms with E-state index in [0.29, 0.717) is 5.96 Å². The lowest BCUT2D eigenvalue weighted by atomic mass is 9.91. The molecule has 29 heavy (non-hydrogen) atoms. The minimum atomic E-state index is -0.989. The molecule has 2 atom stereocenters. The van der Waals surface area contributed by atoms with Gasteiger partial charge in [0.05, 0.1) is 7.11 Å². The number of anilines is 1. The Hall–Kier alpha value is -3.35. The number of rotatable bonds is 3. The van der Waals surface area contributed by atoms with Crippen LogP contribution < -0.4 is 10.2 Å². The van der Waals surface area contributed by atoms with Crippen molar-refractivity contribution in [3.05, 3.63) is 66.2 Å². The first kappa shape index (κ1) is 19.0. The fourth-order valence-corrected chi connectivity index (χ4v) is 3.83. The highest BCUT2D eigenvalue weighted by Gasteiger charge is 2.41. The minimum Gasteiger partial charge on any atom is -0.468 e. The number of guanidine groups is 1. The number of aliphatic imine (C=N–C) groups is 1. The summed E-state index contributed by atoms with van der Waals surface area (Å²) >= 11 is 0. The van der Waals surface area contributed by atoms with Gasteiger partial charge in [-0.2, -0.15) is 0 Å². The quantitative estimate of drug-likeness (QED) is 0.637. The molecule has 0 bridgehead atoms. The number of methoxy groups -OCH3 is 1. The van der Waals surface area contributed by atoms with Crippen LogP contribution in [0.15, 0.2) is 65.7 Å². The van der Waals surface area contributed by atoms with Crippen molar-refractivity contribution in [1.29, 1.82) is 0 Å². The van der Waals surface area contributed by atoms with Crippen molar-refractivity contribution >= 4 is 23.5 Å². The molecule has 2 heterocycles. The number of nitrogens with one attached hydrogen (secondary N) is 1. The molecule has 1 amide bonds. The SMILES string of the molecule is COC(=O)[C@@H]1C(=O)NC(N2CCN(c3ccccc3)CC2)=N[C@@H]1c1ccccc1. The lowest BCUT2D eigenvalue weighted by Crippen LogP contribution is -2.57. The Bertz CT molecular complexity index is 893. The third-order valence-corrected chi connectivity index (χ3v) is 5.39. The second-order valence-corrected chi connectivity index (χ2v) is 7.11. The fourth-order valence-electron chi connectivity index (χ4n) is 3.83. The van der Waals surface area contributed by atoms with E-state index in [1.54, 1.807) is 0 Å². The number of nitrogens with zero attached hydrogens (tertiary/aromatic N) is 3. The van der Waals surface area contributed by atoms with E-state index in [-0.39, 0.29) is 5.91 Å². The Morgan fingerprint density at radius 2 is 1.55 bits per heavy atom. The molecule has 0 aliphatic carbocycles. The number of piperazine rings is 1. The number of hydrogen-bond donors (Lipinski definition) is 1. The van der Waals surface area contributed by atoms with Crippen LogP contribution in [-0.4, -0.2) is 56.0 Å². The zero-order valence-corrected chi connectivity index (χ0v) is 16.3. The lowest BCUT2D eigenvalue weighted by Gasteiger charge is -2.39. The van der Waals surface area contributed by atoms with Crippen LogP contribution in [0, 0.1) is 5.92 Å². The molecule has 1 N–H and O–H groups in total. The molecular weight excluding hydrogens is 368 g/mol. The van der Waals surface area contributed by atoms with Crippen LogP contribution in [0.3, 0.4) is 0 Å². The van der Waals surface area contributed by atoms with E-state index < -0.39 is 17.9 Å². The normalized spacial score (nSPS) is 22.0. The summed E-state index contributed by atoms with van der Waals surface area (Å²) in [6, 6.07) is 19.1. The number of ether oxygens (including phenoxy) is 1. The Morgan fingerprint density at radius 3 is 2.17 bits per heavy atom. The van der Waals surface area contributed by atoms with Gasteiger partial charge in [0, 0.05) is 31.9 Å². The summed E-state index contributed by atoms with van der Waals surface area (Å²) in [6.07, 6.45) is 0. The van der Waals surface area contributed by atoms with Gasteiger partial charge in [-0.3, -0.25) is 14.9 Å². The minimum absolute atomic E-state index is 0.374. The predicted molar refractivity (Wildman–Crippen MR) is 110 cm³/mol. The Labute approximate surface area is 170 Å². The highest BCUT2D eigenvalue weighted by Crippen LogP contribution is 2.30. The zero-order chi connectivity index (χ0) is 20.2. The predicted octanol–water partition coefficient (Wildman–Crippen LogP) is 1.82. The molecule has 7 heteroatoms. The fraction of sp³-hybridized carbons (Fsp3) is 0.318. The number of carbonyl (C=O) groups is 2.